The molecule has 2 aromatic rings. The topological polar surface area (TPSA) is 97.4 Å². The SMILES string of the molecule is C=CCOc1ccccc1CN(C(=O)CN1C(=O)NC2(CCCC2)C1=O)c1ccc2c(c1)OCO2. The van der Waals surface area contributed by atoms with E-state index in [0.29, 0.717) is 42.4 Å². The first-order valence-corrected chi connectivity index (χ1v) is 11.7. The first kappa shape index (κ1) is 22.8. The van der Waals surface area contributed by atoms with Crippen molar-refractivity contribution in [2.24, 2.45) is 0 Å². The van der Waals surface area contributed by atoms with E-state index in [1.54, 1.807) is 24.3 Å². The fourth-order valence-electron chi connectivity index (χ4n) is 4.83. The first-order chi connectivity index (χ1) is 17.0. The van der Waals surface area contributed by atoms with E-state index in [4.69, 9.17) is 14.2 Å². The molecular formula is C26H27N3O6. The Morgan fingerprint density at radius 3 is 2.71 bits per heavy atom. The number of urea groups is 1. The van der Waals surface area contributed by atoms with Crippen molar-refractivity contribution in [1.29, 1.82) is 0 Å². The Hall–Kier alpha value is -4.01. The smallest absolute Gasteiger partial charge is 0.325 e. The molecule has 2 aliphatic heterocycles. The first-order valence-electron chi connectivity index (χ1n) is 11.7. The van der Waals surface area contributed by atoms with Gasteiger partial charge in [-0.1, -0.05) is 43.7 Å². The van der Waals surface area contributed by atoms with Crippen LogP contribution in [0.5, 0.6) is 17.2 Å². The summed E-state index contributed by atoms with van der Waals surface area (Å²) in [4.78, 5) is 42.0. The van der Waals surface area contributed by atoms with E-state index >= 15 is 0 Å². The summed E-state index contributed by atoms with van der Waals surface area (Å²) in [6.07, 6.45) is 4.59. The van der Waals surface area contributed by atoms with E-state index < -0.39 is 17.5 Å². The van der Waals surface area contributed by atoms with Gasteiger partial charge in [-0.3, -0.25) is 14.5 Å². The number of hydrogen-bond donors (Lipinski definition) is 1. The van der Waals surface area contributed by atoms with Crippen LogP contribution in [-0.4, -0.2) is 48.2 Å². The fourth-order valence-corrected chi connectivity index (χ4v) is 4.83. The summed E-state index contributed by atoms with van der Waals surface area (Å²) in [6, 6.07) is 12.1. The minimum absolute atomic E-state index is 0.107. The van der Waals surface area contributed by atoms with Crippen molar-refractivity contribution in [1.82, 2.24) is 10.2 Å². The molecule has 0 aromatic heterocycles. The van der Waals surface area contributed by atoms with E-state index in [9.17, 15) is 14.4 Å². The van der Waals surface area contributed by atoms with Gasteiger partial charge >= 0.3 is 6.03 Å². The van der Waals surface area contributed by atoms with Crippen molar-refractivity contribution in [3.8, 4) is 17.2 Å². The number of anilines is 1. The van der Waals surface area contributed by atoms with Crippen LogP contribution in [0.15, 0.2) is 55.1 Å². The van der Waals surface area contributed by atoms with Crippen molar-refractivity contribution < 1.29 is 28.6 Å². The summed E-state index contributed by atoms with van der Waals surface area (Å²) in [5.74, 6) is 1.00. The molecule has 1 saturated heterocycles. The summed E-state index contributed by atoms with van der Waals surface area (Å²) in [5, 5.41) is 2.83. The number of rotatable bonds is 8. The fraction of sp³-hybridized carbons (Fsp3) is 0.346. The van der Waals surface area contributed by atoms with E-state index in [1.807, 2.05) is 24.3 Å². The molecule has 4 amide bonds. The molecule has 182 valence electrons. The number of para-hydroxylation sites is 1. The van der Waals surface area contributed by atoms with Gasteiger partial charge in [0, 0.05) is 17.3 Å². The largest absolute Gasteiger partial charge is 0.489 e. The van der Waals surface area contributed by atoms with Crippen LogP contribution >= 0.6 is 0 Å². The average Bonchev–Trinajstić information content (AvgIpc) is 3.58. The predicted octanol–water partition coefficient (Wildman–Crippen LogP) is 3.38. The van der Waals surface area contributed by atoms with Crippen molar-refractivity contribution in [3.63, 3.8) is 0 Å². The Morgan fingerprint density at radius 1 is 1.14 bits per heavy atom. The zero-order valence-electron chi connectivity index (χ0n) is 19.3. The molecule has 9 heteroatoms. The van der Waals surface area contributed by atoms with Crippen LogP contribution in [0, 0.1) is 0 Å². The third-order valence-corrected chi connectivity index (χ3v) is 6.62. The summed E-state index contributed by atoms with van der Waals surface area (Å²) in [6.45, 7) is 3.91. The third kappa shape index (κ3) is 4.29. The highest BCUT2D eigenvalue weighted by atomic mass is 16.7. The molecule has 1 spiro atoms. The zero-order chi connectivity index (χ0) is 24.4. The second kappa shape index (κ2) is 9.32. The molecule has 0 atom stereocenters. The van der Waals surface area contributed by atoms with Gasteiger partial charge in [0.2, 0.25) is 12.7 Å². The number of imide groups is 1. The number of fused-ring (bicyclic) bond motifs is 1. The molecule has 0 unspecified atom stereocenters. The second-order valence-electron chi connectivity index (χ2n) is 8.84. The third-order valence-electron chi connectivity index (χ3n) is 6.62. The summed E-state index contributed by atoms with van der Waals surface area (Å²) in [5.41, 5.74) is 0.455. The molecular weight excluding hydrogens is 450 g/mol. The molecule has 3 aliphatic rings. The Balaban J connectivity index is 1.44. The average molecular weight is 478 g/mol. The molecule has 9 nitrogen and oxygen atoms in total. The molecule has 2 aromatic carbocycles. The lowest BCUT2D eigenvalue weighted by Gasteiger charge is -2.26. The number of carbonyl (C=O) groups is 3. The number of ether oxygens (including phenoxy) is 3. The van der Waals surface area contributed by atoms with Crippen molar-refractivity contribution in [2.75, 3.05) is 24.8 Å². The second-order valence-corrected chi connectivity index (χ2v) is 8.84. The molecule has 1 N–H and O–H groups in total. The maximum atomic E-state index is 13.6. The van der Waals surface area contributed by atoms with Crippen LogP contribution in [0.25, 0.3) is 0 Å². The quantitative estimate of drug-likeness (QED) is 0.463. The van der Waals surface area contributed by atoms with Gasteiger partial charge in [0.05, 0.1) is 6.54 Å². The Morgan fingerprint density at radius 2 is 1.91 bits per heavy atom. The number of nitrogens with one attached hydrogen (secondary N) is 1. The van der Waals surface area contributed by atoms with Crippen molar-refractivity contribution >= 4 is 23.5 Å². The molecule has 5 rings (SSSR count). The summed E-state index contributed by atoms with van der Waals surface area (Å²) < 4.78 is 16.7. The molecule has 2 heterocycles. The molecule has 35 heavy (non-hydrogen) atoms. The monoisotopic (exact) mass is 477 g/mol. The maximum Gasteiger partial charge on any atom is 0.325 e. The number of nitrogens with zero attached hydrogens (tertiary/aromatic N) is 2. The molecule has 2 fully saturated rings. The van der Waals surface area contributed by atoms with Crippen LogP contribution in [0.3, 0.4) is 0 Å². The van der Waals surface area contributed by atoms with E-state index in [-0.39, 0.29) is 25.8 Å². The molecule has 1 saturated carbocycles. The van der Waals surface area contributed by atoms with Crippen LogP contribution in [0.4, 0.5) is 10.5 Å². The molecule has 0 radical (unpaired) electrons. The van der Waals surface area contributed by atoms with Gasteiger partial charge < -0.3 is 24.4 Å². The maximum absolute atomic E-state index is 13.6. The Kier molecular flexibility index (Phi) is 6.07. The van der Waals surface area contributed by atoms with Gasteiger partial charge in [-0.2, -0.15) is 0 Å². The highest BCUT2D eigenvalue weighted by Crippen LogP contribution is 2.37. The van der Waals surface area contributed by atoms with Gasteiger partial charge in [-0.25, -0.2) is 4.79 Å². The minimum atomic E-state index is -0.869. The Labute approximate surface area is 203 Å². The van der Waals surface area contributed by atoms with Crippen LogP contribution < -0.4 is 24.4 Å². The standard InChI is InChI=1S/C26H27N3O6/c1-2-13-33-20-8-4-3-7-18(20)15-28(19-9-10-21-22(14-19)35-17-34-21)23(30)16-29-24(31)26(27-25(29)32)11-5-6-12-26/h2-4,7-10,14H,1,5-6,11-13,15-17H2,(H,27,32). The Bertz CT molecular complexity index is 1170. The van der Waals surface area contributed by atoms with Crippen LogP contribution in [0.1, 0.15) is 31.2 Å². The van der Waals surface area contributed by atoms with Gasteiger partial charge in [-0.15, -0.1) is 0 Å². The van der Waals surface area contributed by atoms with Gasteiger partial charge in [-0.05, 0) is 31.0 Å². The van der Waals surface area contributed by atoms with E-state index in [2.05, 4.69) is 11.9 Å². The summed E-state index contributed by atoms with van der Waals surface area (Å²) in [7, 11) is 0. The van der Waals surface area contributed by atoms with Crippen LogP contribution in [0.2, 0.25) is 0 Å². The summed E-state index contributed by atoms with van der Waals surface area (Å²) >= 11 is 0. The molecule has 0 bridgehead atoms. The number of amides is 4. The van der Waals surface area contributed by atoms with E-state index in [1.165, 1.54) is 4.90 Å². The highest BCUT2D eigenvalue weighted by molar-refractivity contribution is 6.10. The minimum Gasteiger partial charge on any atom is -0.489 e. The predicted molar refractivity (Wildman–Crippen MR) is 127 cm³/mol. The van der Waals surface area contributed by atoms with Gasteiger partial charge in [0.1, 0.15) is 24.4 Å². The number of carbonyl (C=O) groups excluding carboxylic acids is 3. The zero-order valence-corrected chi connectivity index (χ0v) is 19.3. The van der Waals surface area contributed by atoms with Gasteiger partial charge in [0.25, 0.3) is 5.91 Å². The highest BCUT2D eigenvalue weighted by Gasteiger charge is 2.53. The van der Waals surface area contributed by atoms with Crippen molar-refractivity contribution in [2.45, 2.75) is 37.8 Å². The number of hydrogen-bond acceptors (Lipinski definition) is 6. The lowest BCUT2D eigenvalue weighted by molar-refractivity contribution is -0.134. The normalized spacial score (nSPS) is 17.5. The number of benzene rings is 2. The van der Waals surface area contributed by atoms with E-state index in [0.717, 1.165) is 23.3 Å². The lowest BCUT2D eigenvalue weighted by Crippen LogP contribution is -2.46. The van der Waals surface area contributed by atoms with Gasteiger partial charge in [0.15, 0.2) is 11.5 Å². The lowest BCUT2D eigenvalue weighted by atomic mass is 9.98. The van der Waals surface area contributed by atoms with Crippen LogP contribution in [-0.2, 0) is 16.1 Å². The molecule has 1 aliphatic carbocycles. The van der Waals surface area contributed by atoms with Crippen molar-refractivity contribution in [3.05, 3.63) is 60.7 Å².